The maximum Gasteiger partial charge on any atom is 0.356 e. The zero-order valence-electron chi connectivity index (χ0n) is 9.09. The first-order valence-electron chi connectivity index (χ1n) is 4.66. The van der Waals surface area contributed by atoms with Crippen LogP contribution in [0.3, 0.4) is 0 Å². The van der Waals surface area contributed by atoms with E-state index < -0.39 is 0 Å². The highest BCUT2D eigenvalue weighted by molar-refractivity contribution is 7.21. The molecule has 0 atom stereocenters. The fourth-order valence-electron chi connectivity index (χ4n) is 1.26. The summed E-state index contributed by atoms with van der Waals surface area (Å²) in [6.07, 6.45) is 1.77. The Morgan fingerprint density at radius 2 is 2.11 bits per heavy atom. The van der Waals surface area contributed by atoms with Crippen LogP contribution in [0.15, 0.2) is 35.3 Å². The van der Waals surface area contributed by atoms with Gasteiger partial charge in [-0.2, -0.15) is 0 Å². The third-order valence-electron chi connectivity index (χ3n) is 1.99. The van der Waals surface area contributed by atoms with Crippen molar-refractivity contribution >= 4 is 49.6 Å². The maximum atomic E-state index is 5.93. The molecule has 3 aromatic rings. The number of aromatic nitrogens is 2. The number of thiazole rings is 2. The summed E-state index contributed by atoms with van der Waals surface area (Å²) in [7, 11) is 0. The van der Waals surface area contributed by atoms with Crippen LogP contribution in [0.25, 0.3) is 10.2 Å². The third-order valence-corrected chi connectivity index (χ3v) is 3.77. The van der Waals surface area contributed by atoms with Crippen molar-refractivity contribution in [2.45, 2.75) is 0 Å². The summed E-state index contributed by atoms with van der Waals surface area (Å²) in [4.78, 5) is 3.74. The first-order chi connectivity index (χ1) is 8.20. The lowest BCUT2D eigenvalue weighted by molar-refractivity contribution is -0.591. The average Bonchev–Trinajstić information content (AvgIpc) is 2.93. The average molecular weight is 366 g/mol. The van der Waals surface area contributed by atoms with Crippen LogP contribution >= 0.6 is 34.3 Å². The summed E-state index contributed by atoms with van der Waals surface area (Å²) in [5.41, 5.74) is 8.20. The van der Waals surface area contributed by atoms with Crippen LogP contribution in [-0.2, 0) is 0 Å². The van der Waals surface area contributed by atoms with Crippen LogP contribution in [0.2, 0.25) is 5.02 Å². The molecule has 2 aromatic heterocycles. The Morgan fingerprint density at radius 3 is 2.61 bits per heavy atom. The molecule has 0 amide bonds. The molecule has 4 nitrogen and oxygen atoms in total. The second kappa shape index (κ2) is 6.89. The van der Waals surface area contributed by atoms with E-state index in [2.05, 4.69) is 4.98 Å². The second-order valence-corrected chi connectivity index (χ2v) is 5.30. The smallest absolute Gasteiger partial charge is 0.356 e. The first kappa shape index (κ1) is 15.2. The Kier molecular flexibility index (Phi) is 5.80. The van der Waals surface area contributed by atoms with Gasteiger partial charge in [0, 0.05) is 11.6 Å². The summed E-state index contributed by atoms with van der Waals surface area (Å²) >= 11 is 8.95. The molecule has 3 rings (SSSR count). The van der Waals surface area contributed by atoms with Crippen LogP contribution in [0.4, 0.5) is 5.13 Å². The summed E-state index contributed by atoms with van der Waals surface area (Å²) in [6, 6.07) is 5.60. The SMILES string of the molecule is Nc1sc2cccc(Cl)c2[n+]1N.[Br-].c1cscn1. The fourth-order valence-corrected chi connectivity index (χ4v) is 2.80. The summed E-state index contributed by atoms with van der Waals surface area (Å²) < 4.78 is 2.41. The van der Waals surface area contributed by atoms with Crippen LogP contribution in [0, 0.1) is 0 Å². The third kappa shape index (κ3) is 3.32. The van der Waals surface area contributed by atoms with Gasteiger partial charge in [0.15, 0.2) is 5.52 Å². The number of anilines is 1. The van der Waals surface area contributed by atoms with E-state index >= 15 is 0 Å². The van der Waals surface area contributed by atoms with Gasteiger partial charge in [-0.15, -0.1) is 16.0 Å². The number of nitrogen functional groups attached to an aromatic ring is 2. The van der Waals surface area contributed by atoms with Crippen molar-refractivity contribution in [1.29, 1.82) is 0 Å². The zero-order valence-corrected chi connectivity index (χ0v) is 13.1. The van der Waals surface area contributed by atoms with Gasteiger partial charge in [0.05, 0.1) is 15.2 Å². The highest BCUT2D eigenvalue weighted by atomic mass is 79.9. The standard InChI is InChI=1S/C7H6ClN3S.C3H3NS.BrH/c8-4-2-1-3-5-6(4)11(10)7(9)12-5;1-2-5-3-4-1;/h1-3,9H,10H2;1-3H;1H. The van der Waals surface area contributed by atoms with E-state index in [1.165, 1.54) is 16.0 Å². The van der Waals surface area contributed by atoms with Gasteiger partial charge in [-0.05, 0) is 23.5 Å². The number of benzene rings is 1. The molecule has 8 heteroatoms. The molecular formula is C10H10BrClN4S2. The predicted octanol–water partition coefficient (Wildman–Crippen LogP) is -0.715. The molecule has 0 saturated carbocycles. The number of hydrogen-bond donors (Lipinski definition) is 2. The van der Waals surface area contributed by atoms with Crippen LogP contribution in [-0.4, -0.2) is 4.98 Å². The normalized spacial score (nSPS) is 9.39. The van der Waals surface area contributed by atoms with Crippen LogP contribution < -0.4 is 33.2 Å². The number of para-hydroxylation sites is 1. The molecule has 0 unspecified atom stereocenters. The van der Waals surface area contributed by atoms with Crippen molar-refractivity contribution in [2.75, 3.05) is 11.6 Å². The molecule has 0 saturated heterocycles. The Labute approximate surface area is 128 Å². The van der Waals surface area contributed by atoms with Crippen molar-refractivity contribution < 1.29 is 21.7 Å². The van der Waals surface area contributed by atoms with Gasteiger partial charge in [0.25, 0.3) is 0 Å². The van der Waals surface area contributed by atoms with E-state index in [0.29, 0.717) is 10.2 Å². The Balaban J connectivity index is 0.000000230. The largest absolute Gasteiger partial charge is 1.00 e. The summed E-state index contributed by atoms with van der Waals surface area (Å²) in [5.74, 6) is 5.66. The molecule has 0 fully saturated rings. The van der Waals surface area contributed by atoms with Crippen LogP contribution in [0.1, 0.15) is 0 Å². The minimum Gasteiger partial charge on any atom is -1.00 e. The Morgan fingerprint density at radius 1 is 1.33 bits per heavy atom. The van der Waals surface area contributed by atoms with E-state index in [1.54, 1.807) is 29.1 Å². The number of nitrogens with zero attached hydrogens (tertiary/aromatic N) is 2. The minimum atomic E-state index is 0. The van der Waals surface area contributed by atoms with Gasteiger partial charge >= 0.3 is 5.13 Å². The second-order valence-electron chi connectivity index (χ2n) is 3.07. The molecule has 0 radical (unpaired) electrons. The van der Waals surface area contributed by atoms with Crippen molar-refractivity contribution in [2.24, 2.45) is 0 Å². The monoisotopic (exact) mass is 364 g/mol. The predicted molar refractivity (Wildman–Crippen MR) is 73.7 cm³/mol. The number of rotatable bonds is 0. The molecule has 96 valence electrons. The van der Waals surface area contributed by atoms with Crippen molar-refractivity contribution in [3.8, 4) is 0 Å². The lowest BCUT2D eigenvalue weighted by Gasteiger charge is -1.90. The molecule has 2 heterocycles. The van der Waals surface area contributed by atoms with Gasteiger partial charge in [-0.1, -0.05) is 17.7 Å². The van der Waals surface area contributed by atoms with Gasteiger partial charge < -0.3 is 17.0 Å². The van der Waals surface area contributed by atoms with E-state index in [0.717, 1.165) is 10.2 Å². The van der Waals surface area contributed by atoms with Gasteiger partial charge in [-0.3, -0.25) is 16.6 Å². The van der Waals surface area contributed by atoms with E-state index in [9.17, 15) is 0 Å². The quantitative estimate of drug-likeness (QED) is 0.408. The molecule has 0 aliphatic carbocycles. The summed E-state index contributed by atoms with van der Waals surface area (Å²) in [5, 5.41) is 3.11. The van der Waals surface area contributed by atoms with E-state index in [4.69, 9.17) is 23.2 Å². The minimum absolute atomic E-state index is 0. The zero-order chi connectivity index (χ0) is 12.3. The van der Waals surface area contributed by atoms with Crippen molar-refractivity contribution in [3.05, 3.63) is 40.3 Å². The Hall–Kier alpha value is -0.890. The topological polar surface area (TPSA) is 68.8 Å². The maximum absolute atomic E-state index is 5.93. The lowest BCUT2D eigenvalue weighted by atomic mass is 10.3. The lowest BCUT2D eigenvalue weighted by Crippen LogP contribution is -3.00. The number of fused-ring (bicyclic) bond motifs is 1. The molecule has 4 N–H and O–H groups in total. The highest BCUT2D eigenvalue weighted by Crippen LogP contribution is 2.26. The van der Waals surface area contributed by atoms with E-state index in [-0.39, 0.29) is 17.0 Å². The molecule has 1 aromatic carbocycles. The number of nitrogens with two attached hydrogens (primary N) is 2. The van der Waals surface area contributed by atoms with Crippen molar-refractivity contribution in [1.82, 2.24) is 4.98 Å². The van der Waals surface area contributed by atoms with Gasteiger partial charge in [0.2, 0.25) is 0 Å². The van der Waals surface area contributed by atoms with Gasteiger partial charge in [0.1, 0.15) is 0 Å². The molecule has 0 aliphatic heterocycles. The van der Waals surface area contributed by atoms with Crippen LogP contribution in [0.5, 0.6) is 0 Å². The fraction of sp³-hybridized carbons (Fsp3) is 0. The molecule has 0 aliphatic rings. The molecule has 0 spiro atoms. The summed E-state index contributed by atoms with van der Waals surface area (Å²) in [6.45, 7) is 0. The number of halogens is 2. The Bertz CT molecular complexity index is 594. The molecule has 18 heavy (non-hydrogen) atoms. The van der Waals surface area contributed by atoms with Gasteiger partial charge in [-0.25, -0.2) is 0 Å². The number of hydrogen-bond acceptors (Lipinski definition) is 5. The van der Waals surface area contributed by atoms with E-state index in [1.807, 2.05) is 17.5 Å². The molecular weight excluding hydrogens is 356 g/mol. The molecule has 0 bridgehead atoms. The highest BCUT2D eigenvalue weighted by Gasteiger charge is 2.14. The van der Waals surface area contributed by atoms with Crippen molar-refractivity contribution in [3.63, 3.8) is 0 Å². The first-order valence-corrected chi connectivity index (χ1v) is 6.79.